The maximum Gasteiger partial charge on any atom is 0.233 e. The van der Waals surface area contributed by atoms with Crippen LogP contribution in [0, 0.1) is 35.0 Å². The molecular formula is C16H19NO2. The van der Waals surface area contributed by atoms with E-state index in [9.17, 15) is 9.59 Å². The fraction of sp³-hybridized carbons (Fsp3) is 0.750. The average molecular weight is 257 g/mol. The van der Waals surface area contributed by atoms with Crippen LogP contribution in [-0.4, -0.2) is 22.8 Å². The molecule has 0 N–H and O–H groups in total. The molecule has 0 aromatic carbocycles. The molecular weight excluding hydrogens is 238 g/mol. The van der Waals surface area contributed by atoms with Crippen molar-refractivity contribution in [3.8, 4) is 0 Å². The van der Waals surface area contributed by atoms with Gasteiger partial charge in [-0.1, -0.05) is 12.2 Å². The summed E-state index contributed by atoms with van der Waals surface area (Å²) >= 11 is 0. The summed E-state index contributed by atoms with van der Waals surface area (Å²) in [6.45, 7) is 2.07. The van der Waals surface area contributed by atoms with Crippen LogP contribution in [0.5, 0.6) is 0 Å². The molecule has 5 rings (SSSR count). The third-order valence-electron chi connectivity index (χ3n) is 6.60. The maximum atomic E-state index is 12.7. The standard InChI is InChI=1S/C16H19NO2/c1-8(9-2-3-9)17-14(18)12-10-4-5-11(13(12)15(17)19)16(10)6-7-16/h4-5,8-13H,2-3,6-7H2,1H3/t8-,10-,11-,12-,13-/m0/s1. The van der Waals surface area contributed by atoms with E-state index in [2.05, 4.69) is 19.1 Å². The zero-order valence-electron chi connectivity index (χ0n) is 11.2. The molecule has 1 heterocycles. The highest BCUT2D eigenvalue weighted by molar-refractivity contribution is 6.07. The van der Waals surface area contributed by atoms with E-state index in [0.29, 0.717) is 23.2 Å². The first-order valence-electron chi connectivity index (χ1n) is 7.70. The minimum Gasteiger partial charge on any atom is -0.279 e. The topological polar surface area (TPSA) is 37.4 Å². The van der Waals surface area contributed by atoms with Gasteiger partial charge in [0.15, 0.2) is 0 Å². The molecule has 5 atom stereocenters. The first-order chi connectivity index (χ1) is 9.15. The molecule has 2 amide bonds. The Morgan fingerprint density at radius 2 is 1.63 bits per heavy atom. The van der Waals surface area contributed by atoms with Crippen molar-refractivity contribution in [3.63, 3.8) is 0 Å². The van der Waals surface area contributed by atoms with Crippen LogP contribution >= 0.6 is 0 Å². The van der Waals surface area contributed by atoms with Crippen molar-refractivity contribution in [2.75, 3.05) is 0 Å². The van der Waals surface area contributed by atoms with Gasteiger partial charge in [-0.05, 0) is 55.8 Å². The van der Waals surface area contributed by atoms with Crippen molar-refractivity contribution < 1.29 is 9.59 Å². The van der Waals surface area contributed by atoms with Gasteiger partial charge in [0.25, 0.3) is 0 Å². The Hall–Kier alpha value is -1.12. The van der Waals surface area contributed by atoms with Gasteiger partial charge in [0.2, 0.25) is 11.8 Å². The lowest BCUT2D eigenvalue weighted by Crippen LogP contribution is -2.42. The molecule has 0 aromatic rings. The van der Waals surface area contributed by atoms with Gasteiger partial charge < -0.3 is 0 Å². The van der Waals surface area contributed by atoms with E-state index in [0.717, 1.165) is 0 Å². The molecule has 1 saturated heterocycles. The lowest BCUT2D eigenvalue weighted by atomic mass is 9.85. The summed E-state index contributed by atoms with van der Waals surface area (Å²) in [4.78, 5) is 27.1. The highest BCUT2D eigenvalue weighted by Crippen LogP contribution is 2.73. The quantitative estimate of drug-likeness (QED) is 0.560. The van der Waals surface area contributed by atoms with Gasteiger partial charge in [0, 0.05) is 6.04 Å². The van der Waals surface area contributed by atoms with E-state index in [1.165, 1.54) is 25.7 Å². The number of nitrogens with zero attached hydrogens (tertiary/aromatic N) is 1. The lowest BCUT2D eigenvalue weighted by molar-refractivity contribution is -0.144. The first kappa shape index (κ1) is 10.6. The second-order valence-corrected chi connectivity index (χ2v) is 7.35. The summed E-state index contributed by atoms with van der Waals surface area (Å²) in [6.07, 6.45) is 9.30. The summed E-state index contributed by atoms with van der Waals surface area (Å²) in [5.41, 5.74) is 0.329. The molecule has 4 aliphatic carbocycles. The van der Waals surface area contributed by atoms with Crippen LogP contribution in [0.25, 0.3) is 0 Å². The molecule has 0 unspecified atom stereocenters. The number of rotatable bonds is 2. The van der Waals surface area contributed by atoms with Crippen LogP contribution in [0.2, 0.25) is 0 Å². The van der Waals surface area contributed by atoms with Crippen molar-refractivity contribution in [1.29, 1.82) is 0 Å². The van der Waals surface area contributed by atoms with Crippen molar-refractivity contribution in [2.24, 2.45) is 35.0 Å². The molecule has 100 valence electrons. The highest BCUT2D eigenvalue weighted by atomic mass is 16.2. The molecule has 0 radical (unpaired) electrons. The van der Waals surface area contributed by atoms with Gasteiger partial charge in [-0.25, -0.2) is 0 Å². The Kier molecular flexibility index (Phi) is 1.66. The smallest absolute Gasteiger partial charge is 0.233 e. The summed E-state index contributed by atoms with van der Waals surface area (Å²) in [7, 11) is 0. The number of carbonyl (C=O) groups excluding carboxylic acids is 2. The number of allylic oxidation sites excluding steroid dienone is 2. The number of hydrogen-bond acceptors (Lipinski definition) is 2. The number of imide groups is 1. The van der Waals surface area contributed by atoms with Crippen LogP contribution in [0.1, 0.15) is 32.6 Å². The van der Waals surface area contributed by atoms with Gasteiger partial charge in [-0.15, -0.1) is 0 Å². The third-order valence-corrected chi connectivity index (χ3v) is 6.60. The molecule has 4 fully saturated rings. The molecule has 5 aliphatic rings. The van der Waals surface area contributed by atoms with Gasteiger partial charge in [0.1, 0.15) is 0 Å². The minimum absolute atomic E-state index is 0.00815. The summed E-state index contributed by atoms with van der Waals surface area (Å²) in [5.74, 6) is 1.60. The molecule has 1 spiro atoms. The van der Waals surface area contributed by atoms with Crippen molar-refractivity contribution >= 4 is 11.8 Å². The van der Waals surface area contributed by atoms with Crippen molar-refractivity contribution in [3.05, 3.63) is 12.2 Å². The molecule has 3 saturated carbocycles. The fourth-order valence-electron chi connectivity index (χ4n) is 5.29. The summed E-state index contributed by atoms with van der Waals surface area (Å²) < 4.78 is 0. The molecule has 1 aliphatic heterocycles. The van der Waals surface area contributed by atoms with Crippen LogP contribution in [0.4, 0.5) is 0 Å². The lowest BCUT2D eigenvalue weighted by Gasteiger charge is -2.26. The van der Waals surface area contributed by atoms with Crippen molar-refractivity contribution in [2.45, 2.75) is 38.6 Å². The maximum absolute atomic E-state index is 12.7. The van der Waals surface area contributed by atoms with E-state index < -0.39 is 0 Å². The largest absolute Gasteiger partial charge is 0.279 e. The average Bonchev–Trinajstić information content (AvgIpc) is 3.27. The Morgan fingerprint density at radius 3 is 2.05 bits per heavy atom. The van der Waals surface area contributed by atoms with Crippen LogP contribution in [0.3, 0.4) is 0 Å². The monoisotopic (exact) mass is 257 g/mol. The molecule has 2 bridgehead atoms. The number of likely N-dealkylation sites (tertiary alicyclic amines) is 1. The first-order valence-corrected chi connectivity index (χ1v) is 7.70. The van der Waals surface area contributed by atoms with E-state index in [-0.39, 0.29) is 29.7 Å². The van der Waals surface area contributed by atoms with E-state index in [1.54, 1.807) is 4.90 Å². The molecule has 19 heavy (non-hydrogen) atoms. The molecule has 0 aromatic heterocycles. The predicted molar refractivity (Wildman–Crippen MR) is 68.8 cm³/mol. The van der Waals surface area contributed by atoms with Gasteiger partial charge >= 0.3 is 0 Å². The normalized spacial score (nSPS) is 46.3. The number of fused-ring (bicyclic) bond motifs is 3. The van der Waals surface area contributed by atoms with Gasteiger partial charge in [-0.2, -0.15) is 0 Å². The Morgan fingerprint density at radius 1 is 1.11 bits per heavy atom. The SMILES string of the molecule is C[C@@H](C1CC1)N1C(=O)[C@@H]2[C@@H](C1=O)[C@@H]1C=C[C@@H]2C12CC2. The molecule has 3 nitrogen and oxygen atoms in total. The third kappa shape index (κ3) is 1.04. The zero-order valence-corrected chi connectivity index (χ0v) is 11.2. The number of hydrogen-bond donors (Lipinski definition) is 0. The Balaban J connectivity index is 1.54. The van der Waals surface area contributed by atoms with Crippen LogP contribution in [-0.2, 0) is 9.59 Å². The second-order valence-electron chi connectivity index (χ2n) is 7.35. The Bertz CT molecular complexity index is 495. The Labute approximate surface area is 113 Å². The van der Waals surface area contributed by atoms with Gasteiger partial charge in [-0.3, -0.25) is 14.5 Å². The predicted octanol–water partition coefficient (Wildman–Crippen LogP) is 1.98. The van der Waals surface area contributed by atoms with E-state index in [4.69, 9.17) is 0 Å². The number of carbonyl (C=O) groups is 2. The minimum atomic E-state index is -0.00815. The summed E-state index contributed by atoms with van der Waals surface area (Å²) in [5, 5.41) is 0. The number of amides is 2. The van der Waals surface area contributed by atoms with Gasteiger partial charge in [0.05, 0.1) is 11.8 Å². The fourth-order valence-corrected chi connectivity index (χ4v) is 5.29. The van der Waals surface area contributed by atoms with Crippen LogP contribution in [0.15, 0.2) is 12.2 Å². The molecule has 3 heteroatoms. The highest BCUT2D eigenvalue weighted by Gasteiger charge is 2.73. The van der Waals surface area contributed by atoms with Crippen LogP contribution < -0.4 is 0 Å². The van der Waals surface area contributed by atoms with E-state index in [1.807, 2.05) is 0 Å². The second kappa shape index (κ2) is 2.97. The van der Waals surface area contributed by atoms with E-state index >= 15 is 0 Å². The summed E-state index contributed by atoms with van der Waals surface area (Å²) in [6, 6.07) is 0.139. The zero-order chi connectivity index (χ0) is 12.9. The van der Waals surface area contributed by atoms with Crippen molar-refractivity contribution in [1.82, 2.24) is 4.90 Å².